The lowest BCUT2D eigenvalue weighted by atomic mass is 9.85. The zero-order valence-corrected chi connectivity index (χ0v) is 15.7. The van der Waals surface area contributed by atoms with E-state index in [1.54, 1.807) is 60.3 Å². The Bertz CT molecular complexity index is 796. The first kappa shape index (κ1) is 18.1. The Balaban J connectivity index is 1.71. The van der Waals surface area contributed by atoms with Gasteiger partial charge in [-0.2, -0.15) is 0 Å². The average molecular weight is 382 g/mol. The van der Waals surface area contributed by atoms with Crippen molar-refractivity contribution < 1.29 is 14.7 Å². The van der Waals surface area contributed by atoms with Gasteiger partial charge in [0.25, 0.3) is 11.8 Å². The molecule has 1 aliphatic heterocycles. The SMILES string of the molecule is O=C1CSC2(CCCC2)N1NC(=O)C(O)(c1ccccc1)c1ccccc1. The molecule has 2 N–H and O–H groups in total. The summed E-state index contributed by atoms with van der Waals surface area (Å²) in [4.78, 5) is 25.4. The molecule has 1 spiro atoms. The fourth-order valence-electron chi connectivity index (χ4n) is 3.98. The van der Waals surface area contributed by atoms with E-state index in [2.05, 4.69) is 5.43 Å². The molecule has 140 valence electrons. The van der Waals surface area contributed by atoms with Crippen LogP contribution in [0.2, 0.25) is 0 Å². The summed E-state index contributed by atoms with van der Waals surface area (Å²) >= 11 is 1.59. The van der Waals surface area contributed by atoms with Crippen LogP contribution in [0, 0.1) is 0 Å². The third-order valence-electron chi connectivity index (χ3n) is 5.43. The van der Waals surface area contributed by atoms with E-state index in [1.807, 2.05) is 12.1 Å². The van der Waals surface area contributed by atoms with Crippen LogP contribution in [0.15, 0.2) is 60.7 Å². The first-order valence-corrected chi connectivity index (χ1v) is 10.2. The number of thioether (sulfide) groups is 1. The van der Waals surface area contributed by atoms with Gasteiger partial charge in [0.2, 0.25) is 0 Å². The maximum Gasteiger partial charge on any atom is 0.279 e. The van der Waals surface area contributed by atoms with Crippen molar-refractivity contribution in [1.82, 2.24) is 10.4 Å². The van der Waals surface area contributed by atoms with Crippen molar-refractivity contribution >= 4 is 23.6 Å². The van der Waals surface area contributed by atoms with Crippen molar-refractivity contribution in [2.24, 2.45) is 0 Å². The molecule has 2 amide bonds. The topological polar surface area (TPSA) is 69.6 Å². The summed E-state index contributed by atoms with van der Waals surface area (Å²) in [5, 5.41) is 13.0. The van der Waals surface area contributed by atoms with E-state index in [4.69, 9.17) is 0 Å². The number of aliphatic hydroxyl groups is 1. The second kappa shape index (κ2) is 7.02. The highest BCUT2D eigenvalue weighted by molar-refractivity contribution is 8.01. The third kappa shape index (κ3) is 3.03. The third-order valence-corrected chi connectivity index (χ3v) is 6.95. The van der Waals surface area contributed by atoms with E-state index >= 15 is 0 Å². The van der Waals surface area contributed by atoms with E-state index in [9.17, 15) is 14.7 Å². The molecule has 0 atom stereocenters. The standard InChI is InChI=1S/C21H22N2O3S/c24-18-15-27-20(13-7-8-14-20)23(18)22-19(25)21(26,16-9-3-1-4-10-16)17-11-5-2-6-12-17/h1-6,9-12,26H,7-8,13-15H2,(H,22,25). The van der Waals surface area contributed by atoms with Crippen LogP contribution >= 0.6 is 11.8 Å². The predicted octanol–water partition coefficient (Wildman–Crippen LogP) is 2.80. The van der Waals surface area contributed by atoms with Gasteiger partial charge >= 0.3 is 0 Å². The van der Waals surface area contributed by atoms with Crippen molar-refractivity contribution in [3.63, 3.8) is 0 Å². The molecule has 2 aromatic carbocycles. The normalized spacial score (nSPS) is 18.9. The van der Waals surface area contributed by atoms with Gasteiger partial charge in [-0.15, -0.1) is 11.8 Å². The first-order chi connectivity index (χ1) is 13.1. The molecule has 0 radical (unpaired) electrons. The average Bonchev–Trinajstić information content (AvgIpc) is 3.31. The van der Waals surface area contributed by atoms with Gasteiger partial charge in [0, 0.05) is 0 Å². The molecule has 6 heteroatoms. The Morgan fingerprint density at radius 1 is 1.00 bits per heavy atom. The van der Waals surface area contributed by atoms with Crippen molar-refractivity contribution in [3.05, 3.63) is 71.8 Å². The van der Waals surface area contributed by atoms with Crippen LogP contribution in [0.1, 0.15) is 36.8 Å². The second-order valence-electron chi connectivity index (χ2n) is 7.05. The molecular formula is C21H22N2O3S. The smallest absolute Gasteiger partial charge is 0.279 e. The van der Waals surface area contributed by atoms with E-state index in [0.717, 1.165) is 25.7 Å². The van der Waals surface area contributed by atoms with Crippen molar-refractivity contribution in [3.8, 4) is 0 Å². The molecule has 27 heavy (non-hydrogen) atoms. The summed E-state index contributed by atoms with van der Waals surface area (Å²) in [7, 11) is 0. The summed E-state index contributed by atoms with van der Waals surface area (Å²) in [6.07, 6.45) is 3.79. The largest absolute Gasteiger partial charge is 0.372 e. The lowest BCUT2D eigenvalue weighted by Gasteiger charge is -2.37. The zero-order valence-electron chi connectivity index (χ0n) is 14.9. The number of hydrogen-bond acceptors (Lipinski definition) is 4. The second-order valence-corrected chi connectivity index (χ2v) is 8.39. The van der Waals surface area contributed by atoms with Gasteiger partial charge in [0.05, 0.1) is 5.75 Å². The van der Waals surface area contributed by atoms with E-state index in [-0.39, 0.29) is 10.8 Å². The predicted molar refractivity (Wildman–Crippen MR) is 105 cm³/mol. The van der Waals surface area contributed by atoms with E-state index < -0.39 is 11.5 Å². The van der Waals surface area contributed by atoms with Crippen LogP contribution < -0.4 is 5.43 Å². The van der Waals surface area contributed by atoms with Crippen LogP contribution in [0.3, 0.4) is 0 Å². The molecule has 0 aromatic heterocycles. The monoisotopic (exact) mass is 382 g/mol. The van der Waals surface area contributed by atoms with E-state index in [1.165, 1.54) is 5.01 Å². The number of carbonyl (C=O) groups is 2. The molecular weight excluding hydrogens is 360 g/mol. The first-order valence-electron chi connectivity index (χ1n) is 9.18. The molecule has 1 saturated heterocycles. The van der Waals surface area contributed by atoms with Crippen LogP contribution in [-0.4, -0.2) is 32.6 Å². The van der Waals surface area contributed by atoms with Gasteiger partial charge in [-0.05, 0) is 24.0 Å². The van der Waals surface area contributed by atoms with Crippen LogP contribution in [0.5, 0.6) is 0 Å². The van der Waals surface area contributed by atoms with Gasteiger partial charge in [0.1, 0.15) is 4.87 Å². The minimum atomic E-state index is -1.88. The molecule has 2 aromatic rings. The molecule has 1 saturated carbocycles. The highest BCUT2D eigenvalue weighted by Crippen LogP contribution is 2.47. The Morgan fingerprint density at radius 2 is 1.52 bits per heavy atom. The fourth-order valence-corrected chi connectivity index (χ4v) is 5.36. The minimum Gasteiger partial charge on any atom is -0.372 e. The summed E-state index contributed by atoms with van der Waals surface area (Å²) in [6.45, 7) is 0. The summed E-state index contributed by atoms with van der Waals surface area (Å²) in [5.41, 5.74) is 1.83. The van der Waals surface area contributed by atoms with Gasteiger partial charge < -0.3 is 5.11 Å². The number of nitrogens with one attached hydrogen (secondary N) is 1. The van der Waals surface area contributed by atoms with Gasteiger partial charge in [-0.25, -0.2) is 5.01 Å². The fraction of sp³-hybridized carbons (Fsp3) is 0.333. The van der Waals surface area contributed by atoms with Gasteiger partial charge in [-0.1, -0.05) is 73.5 Å². The van der Waals surface area contributed by atoms with Gasteiger partial charge in [0.15, 0.2) is 5.60 Å². The molecule has 0 unspecified atom stereocenters. The number of hydrogen-bond donors (Lipinski definition) is 2. The Kier molecular flexibility index (Phi) is 4.70. The molecule has 1 heterocycles. The highest BCUT2D eigenvalue weighted by atomic mass is 32.2. The van der Waals surface area contributed by atoms with Crippen molar-refractivity contribution in [2.75, 3.05) is 5.75 Å². The number of rotatable bonds is 4. The molecule has 2 aliphatic rings. The number of amides is 2. The van der Waals surface area contributed by atoms with Crippen molar-refractivity contribution in [1.29, 1.82) is 0 Å². The van der Waals surface area contributed by atoms with Crippen LogP contribution in [-0.2, 0) is 15.2 Å². The number of hydrazine groups is 1. The summed E-state index contributed by atoms with van der Waals surface area (Å²) in [6, 6.07) is 17.7. The molecule has 0 bridgehead atoms. The molecule has 4 rings (SSSR count). The van der Waals surface area contributed by atoms with E-state index in [0.29, 0.717) is 16.9 Å². The lowest BCUT2D eigenvalue weighted by molar-refractivity contribution is -0.151. The lowest BCUT2D eigenvalue weighted by Crippen LogP contribution is -2.58. The van der Waals surface area contributed by atoms with Crippen LogP contribution in [0.25, 0.3) is 0 Å². The highest BCUT2D eigenvalue weighted by Gasteiger charge is 2.51. The number of benzene rings is 2. The zero-order chi connectivity index (χ0) is 18.9. The maximum absolute atomic E-state index is 13.3. The molecule has 1 aliphatic carbocycles. The molecule has 2 fully saturated rings. The Morgan fingerprint density at radius 3 is 2.04 bits per heavy atom. The van der Waals surface area contributed by atoms with Gasteiger partial charge in [-0.3, -0.25) is 15.0 Å². The summed E-state index contributed by atoms with van der Waals surface area (Å²) in [5.74, 6) is -0.365. The number of carbonyl (C=O) groups excluding carboxylic acids is 2. The molecule has 5 nitrogen and oxygen atoms in total. The Hall–Kier alpha value is -2.31. The van der Waals surface area contributed by atoms with Crippen molar-refractivity contribution in [2.45, 2.75) is 36.2 Å². The summed E-state index contributed by atoms with van der Waals surface area (Å²) < 4.78 is 0. The minimum absolute atomic E-state index is 0.112. The quantitative estimate of drug-likeness (QED) is 0.853. The number of nitrogens with zero attached hydrogens (tertiary/aromatic N) is 1. The Labute approximate surface area is 162 Å². The maximum atomic E-state index is 13.3. The van der Waals surface area contributed by atoms with Crippen LogP contribution in [0.4, 0.5) is 0 Å².